The maximum atomic E-state index is 11.2. The number of hydrogen-bond acceptors (Lipinski definition) is 4. The van der Waals surface area contributed by atoms with Crippen LogP contribution < -0.4 is 5.32 Å². The number of fused-ring (bicyclic) bond motifs is 1. The minimum atomic E-state index is -0.996. The molecule has 1 aromatic heterocycles. The van der Waals surface area contributed by atoms with Crippen LogP contribution >= 0.6 is 0 Å². The monoisotopic (exact) mass is 285 g/mol. The van der Waals surface area contributed by atoms with Gasteiger partial charge in [0.15, 0.2) is 5.69 Å². The Hall–Kier alpha value is -2.14. The van der Waals surface area contributed by atoms with E-state index >= 15 is 0 Å². The van der Waals surface area contributed by atoms with Crippen LogP contribution in [0.25, 0.3) is 10.9 Å². The van der Waals surface area contributed by atoms with Gasteiger partial charge in [0, 0.05) is 24.2 Å². The molecule has 3 rings (SSSR count). The van der Waals surface area contributed by atoms with Crippen molar-refractivity contribution >= 4 is 22.6 Å². The van der Waals surface area contributed by atoms with Crippen LogP contribution in [0.3, 0.4) is 0 Å². The molecule has 5 nitrogen and oxygen atoms in total. The summed E-state index contributed by atoms with van der Waals surface area (Å²) in [6.45, 7) is 3.07. The third-order valence-electron chi connectivity index (χ3n) is 4.01. The number of benzene rings is 1. The molecule has 5 heteroatoms. The molecule has 1 unspecified atom stereocenters. The second kappa shape index (κ2) is 5.69. The quantitative estimate of drug-likeness (QED) is 0.902. The maximum Gasteiger partial charge on any atom is 0.354 e. The summed E-state index contributed by atoms with van der Waals surface area (Å²) in [4.78, 5) is 17.7. The minimum absolute atomic E-state index is 0.0831. The third kappa shape index (κ3) is 2.97. The molecule has 21 heavy (non-hydrogen) atoms. The van der Waals surface area contributed by atoms with Crippen molar-refractivity contribution in [3.63, 3.8) is 0 Å². The topological polar surface area (TPSA) is 65.5 Å². The van der Waals surface area contributed by atoms with Crippen molar-refractivity contribution in [3.8, 4) is 0 Å². The van der Waals surface area contributed by atoms with Crippen molar-refractivity contribution in [1.82, 2.24) is 9.88 Å². The predicted molar refractivity (Wildman–Crippen MR) is 82.8 cm³/mol. The number of hydrogen-bond donors (Lipinski definition) is 2. The molecule has 0 aliphatic carbocycles. The Labute approximate surface area is 123 Å². The minimum Gasteiger partial charge on any atom is -0.477 e. The number of para-hydroxylation sites is 1. The van der Waals surface area contributed by atoms with E-state index in [1.165, 1.54) is 6.42 Å². The fourth-order valence-corrected chi connectivity index (χ4v) is 2.88. The molecule has 2 N–H and O–H groups in total. The van der Waals surface area contributed by atoms with Crippen LogP contribution in [0.15, 0.2) is 30.3 Å². The highest BCUT2D eigenvalue weighted by Crippen LogP contribution is 2.24. The number of aromatic carboxylic acids is 1. The molecule has 1 saturated heterocycles. The average molecular weight is 285 g/mol. The van der Waals surface area contributed by atoms with Crippen molar-refractivity contribution in [2.45, 2.75) is 6.42 Å². The number of likely N-dealkylation sites (tertiary alicyclic amines) is 1. The Morgan fingerprint density at radius 1 is 1.48 bits per heavy atom. The number of carboxylic acids is 1. The summed E-state index contributed by atoms with van der Waals surface area (Å²) >= 11 is 0. The Morgan fingerprint density at radius 2 is 2.29 bits per heavy atom. The van der Waals surface area contributed by atoms with Gasteiger partial charge in [-0.2, -0.15) is 0 Å². The van der Waals surface area contributed by atoms with Crippen molar-refractivity contribution in [2.24, 2.45) is 5.92 Å². The van der Waals surface area contributed by atoms with Gasteiger partial charge >= 0.3 is 5.97 Å². The fourth-order valence-electron chi connectivity index (χ4n) is 2.88. The smallest absolute Gasteiger partial charge is 0.354 e. The second-order valence-electron chi connectivity index (χ2n) is 5.68. The van der Waals surface area contributed by atoms with Gasteiger partial charge in [-0.25, -0.2) is 9.78 Å². The predicted octanol–water partition coefficient (Wildman–Crippen LogP) is 2.30. The zero-order valence-corrected chi connectivity index (χ0v) is 12.0. The molecule has 0 bridgehead atoms. The molecule has 0 radical (unpaired) electrons. The average Bonchev–Trinajstić information content (AvgIpc) is 2.90. The van der Waals surface area contributed by atoms with Crippen LogP contribution in [0.2, 0.25) is 0 Å². The number of anilines is 1. The van der Waals surface area contributed by atoms with Crippen LogP contribution in [-0.4, -0.2) is 47.6 Å². The molecule has 1 fully saturated rings. The third-order valence-corrected chi connectivity index (χ3v) is 4.01. The van der Waals surface area contributed by atoms with Crippen LogP contribution in [-0.2, 0) is 0 Å². The van der Waals surface area contributed by atoms with Crippen molar-refractivity contribution in [1.29, 1.82) is 0 Å². The summed E-state index contributed by atoms with van der Waals surface area (Å²) in [6.07, 6.45) is 1.18. The van der Waals surface area contributed by atoms with Gasteiger partial charge in [-0.05, 0) is 38.1 Å². The summed E-state index contributed by atoms with van der Waals surface area (Å²) in [5.41, 5.74) is 1.65. The molecule has 2 heterocycles. The molecule has 0 saturated carbocycles. The molecule has 1 atom stereocenters. The summed E-state index contributed by atoms with van der Waals surface area (Å²) in [7, 11) is 2.13. The van der Waals surface area contributed by atoms with E-state index < -0.39 is 5.97 Å². The first-order valence-corrected chi connectivity index (χ1v) is 7.19. The molecule has 0 amide bonds. The summed E-state index contributed by atoms with van der Waals surface area (Å²) < 4.78 is 0. The van der Waals surface area contributed by atoms with Crippen molar-refractivity contribution < 1.29 is 9.90 Å². The Kier molecular flexibility index (Phi) is 3.75. The maximum absolute atomic E-state index is 11.2. The first kappa shape index (κ1) is 13.8. The lowest BCUT2D eigenvalue weighted by atomic mass is 10.1. The normalized spacial score (nSPS) is 19.0. The number of carboxylic acid groups (broad SMARTS) is 1. The highest BCUT2D eigenvalue weighted by atomic mass is 16.4. The van der Waals surface area contributed by atoms with E-state index in [0.717, 1.165) is 30.7 Å². The molecule has 2 aromatic rings. The van der Waals surface area contributed by atoms with Gasteiger partial charge in [0.2, 0.25) is 0 Å². The number of nitrogens with one attached hydrogen (secondary N) is 1. The Bertz CT molecular complexity index is 672. The van der Waals surface area contributed by atoms with Gasteiger partial charge in [0.25, 0.3) is 0 Å². The Morgan fingerprint density at radius 3 is 3.00 bits per heavy atom. The fraction of sp³-hybridized carbons (Fsp3) is 0.375. The van der Waals surface area contributed by atoms with Gasteiger partial charge in [-0.15, -0.1) is 0 Å². The summed E-state index contributed by atoms with van der Waals surface area (Å²) in [6, 6.07) is 9.26. The van der Waals surface area contributed by atoms with Gasteiger partial charge in [-0.1, -0.05) is 18.2 Å². The second-order valence-corrected chi connectivity index (χ2v) is 5.68. The number of pyridine rings is 1. The summed E-state index contributed by atoms with van der Waals surface area (Å²) in [5, 5.41) is 13.6. The lowest BCUT2D eigenvalue weighted by Crippen LogP contribution is -2.19. The van der Waals surface area contributed by atoms with Crippen LogP contribution in [0.4, 0.5) is 5.69 Å². The highest BCUT2D eigenvalue weighted by Gasteiger charge is 2.19. The molecule has 110 valence electrons. The molecule has 1 aliphatic heterocycles. The lowest BCUT2D eigenvalue weighted by Gasteiger charge is -2.14. The molecule has 0 spiro atoms. The van der Waals surface area contributed by atoms with E-state index in [4.69, 9.17) is 0 Å². The standard InChI is InChI=1S/C16H19N3O2/c1-19-7-6-11(10-19)9-17-14-8-15(16(20)21)18-13-5-3-2-4-12(13)14/h2-5,8,11H,6-7,9-10H2,1H3,(H,17,18)(H,20,21). The van der Waals surface area contributed by atoms with Gasteiger partial charge in [0.1, 0.15) is 0 Å². The van der Waals surface area contributed by atoms with E-state index in [2.05, 4.69) is 22.2 Å². The van der Waals surface area contributed by atoms with E-state index in [1.807, 2.05) is 24.3 Å². The number of carbonyl (C=O) groups is 1. The van der Waals surface area contributed by atoms with Crippen molar-refractivity contribution in [3.05, 3.63) is 36.0 Å². The highest BCUT2D eigenvalue weighted by molar-refractivity contribution is 5.97. The largest absolute Gasteiger partial charge is 0.477 e. The first-order valence-electron chi connectivity index (χ1n) is 7.19. The lowest BCUT2D eigenvalue weighted by molar-refractivity contribution is 0.0691. The van der Waals surface area contributed by atoms with Gasteiger partial charge in [-0.3, -0.25) is 0 Å². The zero-order chi connectivity index (χ0) is 14.8. The number of nitrogens with zero attached hydrogens (tertiary/aromatic N) is 2. The van der Waals surface area contributed by atoms with Gasteiger partial charge < -0.3 is 15.3 Å². The number of rotatable bonds is 4. The SMILES string of the molecule is CN1CCC(CNc2cc(C(=O)O)nc3ccccc23)C1. The zero-order valence-electron chi connectivity index (χ0n) is 12.0. The summed E-state index contributed by atoms with van der Waals surface area (Å²) in [5.74, 6) is -0.389. The van der Waals surface area contributed by atoms with E-state index in [0.29, 0.717) is 11.4 Å². The van der Waals surface area contributed by atoms with E-state index in [1.54, 1.807) is 6.07 Å². The van der Waals surface area contributed by atoms with Crippen LogP contribution in [0, 0.1) is 5.92 Å². The molecule has 1 aromatic carbocycles. The Balaban J connectivity index is 1.87. The molecule has 1 aliphatic rings. The van der Waals surface area contributed by atoms with Crippen LogP contribution in [0.5, 0.6) is 0 Å². The van der Waals surface area contributed by atoms with E-state index in [-0.39, 0.29) is 5.69 Å². The molecular formula is C16H19N3O2. The van der Waals surface area contributed by atoms with Crippen LogP contribution in [0.1, 0.15) is 16.9 Å². The number of aromatic nitrogens is 1. The first-order chi connectivity index (χ1) is 10.1. The molecular weight excluding hydrogens is 266 g/mol. The van der Waals surface area contributed by atoms with Gasteiger partial charge in [0.05, 0.1) is 5.52 Å². The van der Waals surface area contributed by atoms with E-state index in [9.17, 15) is 9.90 Å². The van der Waals surface area contributed by atoms with Crippen molar-refractivity contribution in [2.75, 3.05) is 32.0 Å².